The second-order valence-corrected chi connectivity index (χ2v) is 4.49. The van der Waals surface area contributed by atoms with Crippen LogP contribution in [-0.4, -0.2) is 21.8 Å². The molecule has 14 heavy (non-hydrogen) atoms. The second-order valence-electron chi connectivity index (χ2n) is 4.49. The van der Waals surface area contributed by atoms with E-state index in [0.717, 1.165) is 25.7 Å². The molecule has 0 saturated heterocycles. The smallest absolute Gasteiger partial charge is 0.303 e. The molecule has 0 spiro atoms. The molecule has 3 nitrogen and oxygen atoms in total. The van der Waals surface area contributed by atoms with E-state index in [1.54, 1.807) is 0 Å². The zero-order valence-corrected chi connectivity index (χ0v) is 8.83. The molecular formula is C11H20O3. The van der Waals surface area contributed by atoms with E-state index in [4.69, 9.17) is 5.11 Å². The highest BCUT2D eigenvalue weighted by Gasteiger charge is 2.33. The number of carbonyl (C=O) groups is 1. The molecule has 0 aromatic carbocycles. The van der Waals surface area contributed by atoms with Crippen LogP contribution in [0.2, 0.25) is 0 Å². The van der Waals surface area contributed by atoms with Crippen LogP contribution in [0.1, 0.15) is 51.9 Å². The van der Waals surface area contributed by atoms with E-state index in [0.29, 0.717) is 12.3 Å². The molecule has 0 radical (unpaired) electrons. The molecule has 0 aliphatic heterocycles. The van der Waals surface area contributed by atoms with Gasteiger partial charge in [-0.05, 0) is 25.2 Å². The van der Waals surface area contributed by atoms with Gasteiger partial charge in [0, 0.05) is 6.42 Å². The Morgan fingerprint density at radius 3 is 2.86 bits per heavy atom. The number of rotatable bonds is 4. The van der Waals surface area contributed by atoms with Gasteiger partial charge in [0.05, 0.1) is 5.60 Å². The lowest BCUT2D eigenvalue weighted by Crippen LogP contribution is -2.35. The van der Waals surface area contributed by atoms with Crippen molar-refractivity contribution < 1.29 is 15.0 Å². The van der Waals surface area contributed by atoms with E-state index in [1.807, 2.05) is 0 Å². The zero-order valence-electron chi connectivity index (χ0n) is 8.83. The average molecular weight is 200 g/mol. The SMILES string of the molecule is CCC1CCCC(O)(CCC(=O)O)C1. The highest BCUT2D eigenvalue weighted by molar-refractivity contribution is 5.66. The van der Waals surface area contributed by atoms with Crippen molar-refractivity contribution in [3.05, 3.63) is 0 Å². The standard InChI is InChI=1S/C11H20O3/c1-2-9-4-3-6-11(14,8-9)7-5-10(12)13/h9,14H,2-8H2,1H3,(H,12,13). The zero-order chi connectivity index (χ0) is 10.6. The first-order chi connectivity index (χ1) is 6.56. The maximum absolute atomic E-state index is 10.4. The van der Waals surface area contributed by atoms with Crippen molar-refractivity contribution in [2.45, 2.75) is 57.5 Å². The number of aliphatic carboxylic acids is 1. The van der Waals surface area contributed by atoms with Gasteiger partial charge in [-0.25, -0.2) is 0 Å². The van der Waals surface area contributed by atoms with Gasteiger partial charge in [-0.2, -0.15) is 0 Å². The normalized spacial score (nSPS) is 32.9. The predicted molar refractivity (Wildman–Crippen MR) is 54.1 cm³/mol. The third-order valence-electron chi connectivity index (χ3n) is 3.30. The van der Waals surface area contributed by atoms with Crippen LogP contribution in [0.15, 0.2) is 0 Å². The molecule has 1 fully saturated rings. The fourth-order valence-electron chi connectivity index (χ4n) is 2.38. The monoisotopic (exact) mass is 200 g/mol. The maximum Gasteiger partial charge on any atom is 0.303 e. The fraction of sp³-hybridized carbons (Fsp3) is 0.909. The molecule has 1 saturated carbocycles. The van der Waals surface area contributed by atoms with Gasteiger partial charge in [0.25, 0.3) is 0 Å². The van der Waals surface area contributed by atoms with Gasteiger partial charge in [-0.15, -0.1) is 0 Å². The number of carboxylic acids is 1. The summed E-state index contributed by atoms with van der Waals surface area (Å²) in [5, 5.41) is 18.7. The molecule has 1 rings (SSSR count). The molecule has 1 aliphatic carbocycles. The molecule has 0 bridgehead atoms. The van der Waals surface area contributed by atoms with Crippen LogP contribution in [0.25, 0.3) is 0 Å². The summed E-state index contributed by atoms with van der Waals surface area (Å²) >= 11 is 0. The Morgan fingerprint density at radius 1 is 1.57 bits per heavy atom. The van der Waals surface area contributed by atoms with Crippen molar-refractivity contribution in [2.75, 3.05) is 0 Å². The van der Waals surface area contributed by atoms with Gasteiger partial charge in [-0.3, -0.25) is 4.79 Å². The van der Waals surface area contributed by atoms with Gasteiger partial charge in [0.15, 0.2) is 0 Å². The third-order valence-corrected chi connectivity index (χ3v) is 3.30. The minimum absolute atomic E-state index is 0.0902. The van der Waals surface area contributed by atoms with E-state index in [-0.39, 0.29) is 6.42 Å². The number of hydrogen-bond donors (Lipinski definition) is 2. The maximum atomic E-state index is 10.4. The van der Waals surface area contributed by atoms with Crippen LogP contribution in [0.5, 0.6) is 0 Å². The van der Waals surface area contributed by atoms with Gasteiger partial charge >= 0.3 is 5.97 Å². The molecule has 0 aromatic heterocycles. The summed E-state index contributed by atoms with van der Waals surface area (Å²) in [6.07, 6.45) is 5.38. The molecular weight excluding hydrogens is 180 g/mol. The second kappa shape index (κ2) is 4.78. The van der Waals surface area contributed by atoms with Crippen LogP contribution in [0, 0.1) is 5.92 Å². The van der Waals surface area contributed by atoms with Crippen LogP contribution in [0.3, 0.4) is 0 Å². The Kier molecular flexibility index (Phi) is 3.93. The lowest BCUT2D eigenvalue weighted by atomic mass is 9.75. The van der Waals surface area contributed by atoms with Crippen molar-refractivity contribution in [3.8, 4) is 0 Å². The summed E-state index contributed by atoms with van der Waals surface area (Å²) in [7, 11) is 0. The summed E-state index contributed by atoms with van der Waals surface area (Å²) in [6, 6.07) is 0. The van der Waals surface area contributed by atoms with Crippen LogP contribution in [0.4, 0.5) is 0 Å². The molecule has 1 aliphatic rings. The van der Waals surface area contributed by atoms with E-state index >= 15 is 0 Å². The molecule has 2 atom stereocenters. The van der Waals surface area contributed by atoms with Gasteiger partial charge in [0.2, 0.25) is 0 Å². The number of hydrogen-bond acceptors (Lipinski definition) is 2. The highest BCUT2D eigenvalue weighted by atomic mass is 16.4. The first kappa shape index (κ1) is 11.5. The Labute approximate surface area is 85.1 Å². The minimum Gasteiger partial charge on any atom is -0.481 e. The summed E-state index contributed by atoms with van der Waals surface area (Å²) in [5.41, 5.74) is -0.697. The van der Waals surface area contributed by atoms with Gasteiger partial charge < -0.3 is 10.2 Å². The van der Waals surface area contributed by atoms with Crippen molar-refractivity contribution in [2.24, 2.45) is 5.92 Å². The van der Waals surface area contributed by atoms with Crippen LogP contribution >= 0.6 is 0 Å². The molecule has 2 N–H and O–H groups in total. The molecule has 0 aromatic rings. The minimum atomic E-state index is -0.808. The van der Waals surface area contributed by atoms with Crippen molar-refractivity contribution in [1.82, 2.24) is 0 Å². The number of carboxylic acid groups (broad SMARTS) is 1. The van der Waals surface area contributed by atoms with Crippen LogP contribution < -0.4 is 0 Å². The molecule has 82 valence electrons. The van der Waals surface area contributed by atoms with E-state index in [9.17, 15) is 9.90 Å². The lowest BCUT2D eigenvalue weighted by molar-refractivity contribution is -0.139. The summed E-state index contributed by atoms with van der Waals surface area (Å²) in [4.78, 5) is 10.4. The summed E-state index contributed by atoms with van der Waals surface area (Å²) < 4.78 is 0. The Balaban J connectivity index is 2.42. The van der Waals surface area contributed by atoms with Crippen LogP contribution in [-0.2, 0) is 4.79 Å². The van der Waals surface area contributed by atoms with E-state index in [2.05, 4.69) is 6.92 Å². The quantitative estimate of drug-likeness (QED) is 0.731. The Morgan fingerprint density at radius 2 is 2.29 bits per heavy atom. The number of aliphatic hydroxyl groups is 1. The fourth-order valence-corrected chi connectivity index (χ4v) is 2.38. The summed E-state index contributed by atoms with van der Waals surface area (Å²) in [5.74, 6) is -0.223. The van der Waals surface area contributed by atoms with Crippen molar-refractivity contribution in [1.29, 1.82) is 0 Å². The van der Waals surface area contributed by atoms with E-state index < -0.39 is 11.6 Å². The van der Waals surface area contributed by atoms with Gasteiger partial charge in [0.1, 0.15) is 0 Å². The van der Waals surface area contributed by atoms with Crippen molar-refractivity contribution in [3.63, 3.8) is 0 Å². The molecule has 0 amide bonds. The van der Waals surface area contributed by atoms with Crippen molar-refractivity contribution >= 4 is 5.97 Å². The van der Waals surface area contributed by atoms with Gasteiger partial charge in [-0.1, -0.05) is 26.2 Å². The summed E-state index contributed by atoms with van der Waals surface area (Å²) in [6.45, 7) is 2.13. The first-order valence-corrected chi connectivity index (χ1v) is 5.50. The third kappa shape index (κ3) is 3.29. The highest BCUT2D eigenvalue weighted by Crippen LogP contribution is 2.36. The topological polar surface area (TPSA) is 57.5 Å². The average Bonchev–Trinajstić information content (AvgIpc) is 2.15. The lowest BCUT2D eigenvalue weighted by Gasteiger charge is -2.36. The first-order valence-electron chi connectivity index (χ1n) is 5.50. The molecule has 2 unspecified atom stereocenters. The van der Waals surface area contributed by atoms with E-state index in [1.165, 1.54) is 6.42 Å². The predicted octanol–water partition coefficient (Wildman–Crippen LogP) is 2.18. The largest absolute Gasteiger partial charge is 0.481 e. The molecule has 3 heteroatoms. The molecule has 0 heterocycles. The Bertz CT molecular complexity index is 203. The Hall–Kier alpha value is -0.570.